The largest absolute Gasteiger partial charge is 0.460 e. The second-order valence-electron chi connectivity index (χ2n) is 4.86. The molecular formula is C14H22O2. The third kappa shape index (κ3) is 9.25. The number of rotatable bonds is 0. The highest BCUT2D eigenvalue weighted by atomic mass is 16.6. The van der Waals surface area contributed by atoms with Gasteiger partial charge in [-0.1, -0.05) is 35.4 Å². The smallest absolute Gasteiger partial charge is 0.303 e. The summed E-state index contributed by atoms with van der Waals surface area (Å²) in [5, 5.41) is 0. The maximum absolute atomic E-state index is 10.2. The number of hydrogen-bond donors (Lipinski definition) is 0. The van der Waals surface area contributed by atoms with Crippen LogP contribution in [0.1, 0.15) is 38.8 Å². The predicted octanol–water partition coefficient (Wildman–Crippen LogP) is 3.65. The van der Waals surface area contributed by atoms with Gasteiger partial charge in [-0.2, -0.15) is 0 Å². The summed E-state index contributed by atoms with van der Waals surface area (Å²) in [7, 11) is 0. The minimum Gasteiger partial charge on any atom is -0.460 e. The molecular weight excluding hydrogens is 200 g/mol. The van der Waals surface area contributed by atoms with Crippen molar-refractivity contribution in [2.75, 3.05) is 0 Å². The van der Waals surface area contributed by atoms with Gasteiger partial charge in [-0.05, 0) is 34.6 Å². The highest BCUT2D eigenvalue weighted by molar-refractivity contribution is 5.66. The molecule has 0 atom stereocenters. The highest BCUT2D eigenvalue weighted by Gasteiger charge is 2.11. The Balaban J connectivity index is 0.000000281. The van der Waals surface area contributed by atoms with Crippen molar-refractivity contribution in [3.63, 3.8) is 0 Å². The Morgan fingerprint density at radius 2 is 1.31 bits per heavy atom. The van der Waals surface area contributed by atoms with Crippen molar-refractivity contribution in [2.24, 2.45) is 0 Å². The van der Waals surface area contributed by atoms with Gasteiger partial charge < -0.3 is 4.74 Å². The van der Waals surface area contributed by atoms with E-state index in [9.17, 15) is 4.79 Å². The molecule has 90 valence electrons. The highest BCUT2D eigenvalue weighted by Crippen LogP contribution is 2.05. The van der Waals surface area contributed by atoms with Gasteiger partial charge in [-0.15, -0.1) is 0 Å². The van der Waals surface area contributed by atoms with Gasteiger partial charge in [0.2, 0.25) is 0 Å². The van der Waals surface area contributed by atoms with Gasteiger partial charge in [0.1, 0.15) is 5.60 Å². The monoisotopic (exact) mass is 222 g/mol. The number of aryl methyl sites for hydroxylation is 2. The Labute approximate surface area is 98.6 Å². The lowest BCUT2D eigenvalue weighted by Crippen LogP contribution is -2.21. The molecule has 0 aromatic heterocycles. The maximum Gasteiger partial charge on any atom is 0.303 e. The van der Waals surface area contributed by atoms with Gasteiger partial charge in [0, 0.05) is 6.92 Å². The second-order valence-corrected chi connectivity index (χ2v) is 4.86. The number of ether oxygens (including phenoxy) is 1. The zero-order valence-corrected chi connectivity index (χ0v) is 11.1. The summed E-state index contributed by atoms with van der Waals surface area (Å²) in [5.74, 6) is -0.225. The topological polar surface area (TPSA) is 26.3 Å². The van der Waals surface area contributed by atoms with E-state index in [2.05, 4.69) is 38.1 Å². The molecule has 2 nitrogen and oxygen atoms in total. The van der Waals surface area contributed by atoms with Crippen molar-refractivity contribution < 1.29 is 9.53 Å². The molecule has 1 rings (SSSR count). The molecule has 0 aliphatic carbocycles. The fourth-order valence-electron chi connectivity index (χ4n) is 1.07. The van der Waals surface area contributed by atoms with E-state index in [0.717, 1.165) is 0 Å². The molecule has 0 saturated heterocycles. The first-order valence-electron chi connectivity index (χ1n) is 5.43. The van der Waals surface area contributed by atoms with Crippen molar-refractivity contribution in [3.05, 3.63) is 35.4 Å². The quantitative estimate of drug-likeness (QED) is 0.626. The number of carbonyl (C=O) groups excluding carboxylic acids is 1. The molecule has 0 radical (unpaired) electrons. The van der Waals surface area contributed by atoms with Crippen LogP contribution in [0.4, 0.5) is 0 Å². The van der Waals surface area contributed by atoms with E-state index in [4.69, 9.17) is 4.74 Å². The van der Waals surface area contributed by atoms with Crippen molar-refractivity contribution >= 4 is 5.97 Å². The summed E-state index contributed by atoms with van der Waals surface area (Å²) in [4.78, 5) is 10.2. The molecule has 0 aliphatic heterocycles. The lowest BCUT2D eigenvalue weighted by atomic mass is 10.2. The minimum atomic E-state index is -0.328. The van der Waals surface area contributed by atoms with Crippen LogP contribution in [0.15, 0.2) is 24.3 Å². The Hall–Kier alpha value is -1.31. The van der Waals surface area contributed by atoms with E-state index >= 15 is 0 Å². The summed E-state index contributed by atoms with van der Waals surface area (Å²) >= 11 is 0. The number of benzene rings is 1. The Bertz CT molecular complexity index is 297. The fourth-order valence-corrected chi connectivity index (χ4v) is 1.07. The van der Waals surface area contributed by atoms with Gasteiger partial charge in [0.15, 0.2) is 0 Å². The van der Waals surface area contributed by atoms with Crippen LogP contribution in [-0.4, -0.2) is 11.6 Å². The van der Waals surface area contributed by atoms with Gasteiger partial charge in [-0.3, -0.25) is 4.79 Å². The average molecular weight is 222 g/mol. The van der Waals surface area contributed by atoms with Crippen molar-refractivity contribution in [2.45, 2.75) is 47.1 Å². The lowest BCUT2D eigenvalue weighted by molar-refractivity contribution is -0.151. The molecule has 0 N–H and O–H groups in total. The molecule has 0 spiro atoms. The molecule has 0 unspecified atom stereocenters. The van der Waals surface area contributed by atoms with Crippen LogP contribution in [0.3, 0.4) is 0 Å². The molecule has 1 aromatic carbocycles. The molecule has 2 heteroatoms. The van der Waals surface area contributed by atoms with Crippen LogP contribution in [0.5, 0.6) is 0 Å². The van der Waals surface area contributed by atoms with Crippen LogP contribution in [0.25, 0.3) is 0 Å². The third-order valence-electron chi connectivity index (χ3n) is 1.67. The number of hydrogen-bond acceptors (Lipinski definition) is 2. The van der Waals surface area contributed by atoms with Gasteiger partial charge in [0.05, 0.1) is 0 Å². The summed E-state index contributed by atoms with van der Waals surface area (Å²) in [6.45, 7) is 11.1. The SMILES string of the molecule is CC(=O)OC(C)(C)C.Cc1ccc(C)cc1. The third-order valence-corrected chi connectivity index (χ3v) is 1.67. The van der Waals surface area contributed by atoms with Crippen LogP contribution in [0, 0.1) is 13.8 Å². The Morgan fingerprint density at radius 3 is 1.44 bits per heavy atom. The summed E-state index contributed by atoms with van der Waals surface area (Å²) < 4.78 is 4.80. The average Bonchev–Trinajstić information content (AvgIpc) is 2.07. The molecule has 0 heterocycles. The molecule has 0 fully saturated rings. The molecule has 16 heavy (non-hydrogen) atoms. The van der Waals surface area contributed by atoms with E-state index in [1.165, 1.54) is 18.1 Å². The van der Waals surface area contributed by atoms with Crippen molar-refractivity contribution in [3.8, 4) is 0 Å². The minimum absolute atomic E-state index is 0.225. The fraction of sp³-hybridized carbons (Fsp3) is 0.500. The van der Waals surface area contributed by atoms with E-state index in [1.54, 1.807) is 0 Å². The Morgan fingerprint density at radius 1 is 1.00 bits per heavy atom. The standard InChI is InChI=1S/C8H10.C6H12O2/c1-7-3-5-8(2)6-4-7;1-5(7)8-6(2,3)4/h3-6H,1-2H3;1-4H3. The van der Waals surface area contributed by atoms with Crippen LogP contribution >= 0.6 is 0 Å². The number of esters is 1. The zero-order chi connectivity index (χ0) is 12.8. The van der Waals surface area contributed by atoms with E-state index in [-0.39, 0.29) is 11.6 Å². The van der Waals surface area contributed by atoms with Crippen LogP contribution in [0.2, 0.25) is 0 Å². The van der Waals surface area contributed by atoms with E-state index < -0.39 is 0 Å². The first-order chi connectivity index (χ1) is 7.20. The first kappa shape index (κ1) is 14.7. The molecule has 0 saturated carbocycles. The van der Waals surface area contributed by atoms with E-state index in [1.807, 2.05) is 20.8 Å². The van der Waals surface area contributed by atoms with Gasteiger partial charge in [0.25, 0.3) is 0 Å². The molecule has 0 aliphatic rings. The number of carbonyl (C=O) groups is 1. The maximum atomic E-state index is 10.2. The lowest BCUT2D eigenvalue weighted by Gasteiger charge is -2.17. The second kappa shape index (κ2) is 6.31. The Kier molecular flexibility index (Phi) is 5.79. The van der Waals surface area contributed by atoms with Crippen molar-refractivity contribution in [1.29, 1.82) is 0 Å². The van der Waals surface area contributed by atoms with Gasteiger partial charge >= 0.3 is 5.97 Å². The van der Waals surface area contributed by atoms with Gasteiger partial charge in [-0.25, -0.2) is 0 Å². The summed E-state index contributed by atoms with van der Waals surface area (Å²) in [6, 6.07) is 8.48. The van der Waals surface area contributed by atoms with E-state index in [0.29, 0.717) is 0 Å². The van der Waals surface area contributed by atoms with Crippen LogP contribution in [-0.2, 0) is 9.53 Å². The normalized spacial score (nSPS) is 10.1. The summed E-state index contributed by atoms with van der Waals surface area (Å²) in [5.41, 5.74) is 2.33. The molecule has 0 amide bonds. The summed E-state index contributed by atoms with van der Waals surface area (Å²) in [6.07, 6.45) is 0. The predicted molar refractivity (Wildman–Crippen MR) is 67.4 cm³/mol. The first-order valence-corrected chi connectivity index (χ1v) is 5.43. The van der Waals surface area contributed by atoms with Crippen LogP contribution < -0.4 is 0 Å². The molecule has 0 bridgehead atoms. The zero-order valence-electron chi connectivity index (χ0n) is 11.1. The molecule has 1 aromatic rings. The van der Waals surface area contributed by atoms with Crippen molar-refractivity contribution in [1.82, 2.24) is 0 Å².